The predicted octanol–water partition coefficient (Wildman–Crippen LogP) is -0.0730. The standard InChI is InChI=1S/C24H31N7O5S/c1-37-7-6-19(24(35)36)30-21(32)12-28-23(34)20(8-14-10-27-18-5-3-2-4-16(14)18)31-22(33)17(25)9-15-11-26-13-29-15/h2-5,10-11,13,17,19-20,27H,6-9,12,25H2,1H3,(H,26,29)(H,28,34)(H,30,32)(H,31,33)(H,35,36). The maximum Gasteiger partial charge on any atom is 0.326 e. The number of aromatic nitrogens is 3. The highest BCUT2D eigenvalue weighted by Crippen LogP contribution is 2.19. The maximum absolute atomic E-state index is 13.1. The number of aromatic amines is 2. The molecule has 0 aliphatic carbocycles. The average molecular weight is 530 g/mol. The van der Waals surface area contributed by atoms with Gasteiger partial charge in [-0.15, -0.1) is 0 Å². The molecular formula is C24H31N7O5S. The van der Waals surface area contributed by atoms with E-state index in [2.05, 4.69) is 30.9 Å². The van der Waals surface area contributed by atoms with Crippen LogP contribution in [0.2, 0.25) is 0 Å². The van der Waals surface area contributed by atoms with Crippen molar-refractivity contribution in [2.75, 3.05) is 18.6 Å². The largest absolute Gasteiger partial charge is 0.480 e. The number of hydrogen-bond acceptors (Lipinski definition) is 7. The van der Waals surface area contributed by atoms with Gasteiger partial charge in [-0.1, -0.05) is 18.2 Å². The molecule has 3 unspecified atom stereocenters. The number of nitrogens with two attached hydrogens (primary N) is 1. The van der Waals surface area contributed by atoms with Crippen molar-refractivity contribution in [1.29, 1.82) is 0 Å². The second-order valence-corrected chi connectivity index (χ2v) is 9.46. The van der Waals surface area contributed by atoms with Crippen LogP contribution in [0.4, 0.5) is 0 Å². The molecule has 0 fully saturated rings. The molecule has 2 aromatic heterocycles. The monoisotopic (exact) mass is 529 g/mol. The summed E-state index contributed by atoms with van der Waals surface area (Å²) in [6.07, 6.45) is 7.23. The molecule has 3 amide bonds. The van der Waals surface area contributed by atoms with E-state index in [1.807, 2.05) is 30.5 Å². The molecule has 3 aromatic rings. The summed E-state index contributed by atoms with van der Waals surface area (Å²) in [4.78, 5) is 59.6. The molecule has 0 saturated carbocycles. The number of carbonyl (C=O) groups is 4. The smallest absolute Gasteiger partial charge is 0.326 e. The Hall–Kier alpha value is -3.84. The van der Waals surface area contributed by atoms with Crippen molar-refractivity contribution in [3.05, 3.63) is 54.2 Å². The minimum Gasteiger partial charge on any atom is -0.480 e. The van der Waals surface area contributed by atoms with Crippen molar-refractivity contribution in [3.8, 4) is 0 Å². The Morgan fingerprint density at radius 2 is 1.86 bits per heavy atom. The van der Waals surface area contributed by atoms with E-state index in [1.54, 1.807) is 12.4 Å². The number of amides is 3. The third kappa shape index (κ3) is 8.08. The Morgan fingerprint density at radius 1 is 1.08 bits per heavy atom. The third-order valence-corrected chi connectivity index (χ3v) is 6.37. The Morgan fingerprint density at radius 3 is 2.57 bits per heavy atom. The first kappa shape index (κ1) is 27.7. The van der Waals surface area contributed by atoms with Crippen molar-refractivity contribution < 1.29 is 24.3 Å². The summed E-state index contributed by atoms with van der Waals surface area (Å²) in [5.41, 5.74) is 8.39. The molecule has 8 N–H and O–H groups in total. The van der Waals surface area contributed by atoms with Gasteiger partial charge in [0.05, 0.1) is 18.9 Å². The van der Waals surface area contributed by atoms with Crippen molar-refractivity contribution in [2.45, 2.75) is 37.4 Å². The zero-order valence-electron chi connectivity index (χ0n) is 20.3. The number of carbonyl (C=O) groups excluding carboxylic acids is 3. The number of H-pyrrole nitrogens is 2. The molecule has 0 bridgehead atoms. The zero-order valence-corrected chi connectivity index (χ0v) is 21.1. The molecule has 0 aliphatic heterocycles. The number of benzene rings is 1. The minimum atomic E-state index is -1.15. The van der Waals surface area contributed by atoms with E-state index in [0.29, 0.717) is 11.4 Å². The molecular weight excluding hydrogens is 498 g/mol. The maximum atomic E-state index is 13.1. The zero-order chi connectivity index (χ0) is 26.8. The van der Waals surface area contributed by atoms with Crippen LogP contribution in [0.3, 0.4) is 0 Å². The van der Waals surface area contributed by atoms with E-state index in [9.17, 15) is 24.3 Å². The number of fused-ring (bicyclic) bond motifs is 1. The van der Waals surface area contributed by atoms with E-state index in [4.69, 9.17) is 5.73 Å². The summed E-state index contributed by atoms with van der Waals surface area (Å²) in [6.45, 7) is -0.442. The SMILES string of the molecule is CSCCC(NC(=O)CNC(=O)C(Cc1c[nH]c2ccccc12)NC(=O)C(N)Cc1cnc[nH]1)C(=O)O. The lowest BCUT2D eigenvalue weighted by Crippen LogP contribution is -2.54. The molecule has 0 spiro atoms. The highest BCUT2D eigenvalue weighted by molar-refractivity contribution is 7.98. The molecule has 37 heavy (non-hydrogen) atoms. The van der Waals surface area contributed by atoms with Crippen LogP contribution in [0.15, 0.2) is 43.0 Å². The van der Waals surface area contributed by atoms with Gasteiger partial charge in [-0.25, -0.2) is 9.78 Å². The second kappa shape index (κ2) is 13.5. The molecule has 13 heteroatoms. The van der Waals surface area contributed by atoms with Crippen molar-refractivity contribution in [3.63, 3.8) is 0 Å². The number of rotatable bonds is 14. The van der Waals surface area contributed by atoms with Crippen LogP contribution in [-0.4, -0.2) is 80.4 Å². The van der Waals surface area contributed by atoms with Crippen LogP contribution in [0, 0.1) is 0 Å². The number of nitrogens with one attached hydrogen (secondary N) is 5. The molecule has 0 radical (unpaired) electrons. The number of carboxylic acid groups (broad SMARTS) is 1. The fourth-order valence-electron chi connectivity index (χ4n) is 3.76. The molecule has 1 aromatic carbocycles. The van der Waals surface area contributed by atoms with Crippen LogP contribution in [0.25, 0.3) is 10.9 Å². The first-order valence-electron chi connectivity index (χ1n) is 11.7. The molecule has 12 nitrogen and oxygen atoms in total. The van der Waals surface area contributed by atoms with Gasteiger partial charge in [0.2, 0.25) is 17.7 Å². The van der Waals surface area contributed by atoms with Crippen molar-refractivity contribution in [1.82, 2.24) is 30.9 Å². The van der Waals surface area contributed by atoms with E-state index < -0.39 is 48.4 Å². The molecule has 3 atom stereocenters. The van der Waals surface area contributed by atoms with Gasteiger partial charge in [-0.3, -0.25) is 14.4 Å². The fourth-order valence-corrected chi connectivity index (χ4v) is 4.23. The number of thioether (sulfide) groups is 1. The van der Waals surface area contributed by atoms with Crippen LogP contribution >= 0.6 is 11.8 Å². The Bertz CT molecular complexity index is 1210. The first-order valence-corrected chi connectivity index (χ1v) is 13.0. The first-order chi connectivity index (χ1) is 17.8. The van der Waals surface area contributed by atoms with Gasteiger partial charge in [-0.2, -0.15) is 11.8 Å². The van der Waals surface area contributed by atoms with Gasteiger partial charge in [-0.05, 0) is 30.1 Å². The quantitative estimate of drug-likeness (QED) is 0.151. The van der Waals surface area contributed by atoms with Crippen LogP contribution in [-0.2, 0) is 32.0 Å². The van der Waals surface area contributed by atoms with Crippen LogP contribution in [0.5, 0.6) is 0 Å². The van der Waals surface area contributed by atoms with Crippen LogP contribution in [0.1, 0.15) is 17.7 Å². The average Bonchev–Trinajstić information content (AvgIpc) is 3.54. The minimum absolute atomic E-state index is 0.144. The van der Waals surface area contributed by atoms with E-state index >= 15 is 0 Å². The van der Waals surface area contributed by atoms with E-state index in [1.165, 1.54) is 18.1 Å². The Balaban J connectivity index is 1.67. The lowest BCUT2D eigenvalue weighted by molar-refractivity contribution is -0.141. The fraction of sp³-hybridized carbons (Fsp3) is 0.375. The second-order valence-electron chi connectivity index (χ2n) is 8.47. The lowest BCUT2D eigenvalue weighted by atomic mass is 10.0. The number of nitrogens with zero attached hydrogens (tertiary/aromatic N) is 1. The summed E-state index contributed by atoms with van der Waals surface area (Å²) < 4.78 is 0. The highest BCUT2D eigenvalue weighted by atomic mass is 32.2. The summed E-state index contributed by atoms with van der Waals surface area (Å²) in [5, 5.41) is 17.8. The number of para-hydroxylation sites is 1. The molecule has 0 aliphatic rings. The summed E-state index contributed by atoms with van der Waals surface area (Å²) in [7, 11) is 0. The molecule has 0 saturated heterocycles. The number of imidazole rings is 1. The van der Waals surface area contributed by atoms with Gasteiger partial charge in [0.15, 0.2) is 0 Å². The Kier molecular flexibility index (Phi) is 10.1. The summed E-state index contributed by atoms with van der Waals surface area (Å²) >= 11 is 1.46. The topological polar surface area (TPSA) is 195 Å². The predicted molar refractivity (Wildman–Crippen MR) is 140 cm³/mol. The molecule has 198 valence electrons. The number of carboxylic acids is 1. The van der Waals surface area contributed by atoms with Gasteiger partial charge in [0.1, 0.15) is 12.1 Å². The normalized spacial score (nSPS) is 13.5. The molecule has 3 rings (SSSR count). The molecule has 2 heterocycles. The van der Waals surface area contributed by atoms with Gasteiger partial charge >= 0.3 is 5.97 Å². The highest BCUT2D eigenvalue weighted by Gasteiger charge is 2.26. The van der Waals surface area contributed by atoms with Gasteiger partial charge in [0, 0.05) is 41.8 Å². The van der Waals surface area contributed by atoms with Gasteiger partial charge in [0.25, 0.3) is 0 Å². The number of hydrogen-bond donors (Lipinski definition) is 7. The Labute approximate surface area is 217 Å². The lowest BCUT2D eigenvalue weighted by Gasteiger charge is -2.21. The van der Waals surface area contributed by atoms with Gasteiger partial charge < -0.3 is 36.8 Å². The summed E-state index contributed by atoms with van der Waals surface area (Å²) in [6, 6.07) is 4.52. The van der Waals surface area contributed by atoms with E-state index in [-0.39, 0.29) is 19.3 Å². The summed E-state index contributed by atoms with van der Waals surface area (Å²) in [5.74, 6) is -2.37. The number of aliphatic carboxylic acids is 1. The van der Waals surface area contributed by atoms with Crippen LogP contribution < -0.4 is 21.7 Å². The van der Waals surface area contributed by atoms with E-state index in [0.717, 1.165) is 16.5 Å². The third-order valence-electron chi connectivity index (χ3n) is 5.73. The van der Waals surface area contributed by atoms with Crippen molar-refractivity contribution in [2.24, 2.45) is 5.73 Å². The van der Waals surface area contributed by atoms with Crippen molar-refractivity contribution >= 4 is 46.4 Å².